The third kappa shape index (κ3) is 0.944. The molecule has 3 rings (SSSR count). The van der Waals surface area contributed by atoms with Gasteiger partial charge in [0.25, 0.3) is 0 Å². The number of esters is 1. The van der Waals surface area contributed by atoms with Crippen molar-refractivity contribution in [1.29, 1.82) is 0 Å². The van der Waals surface area contributed by atoms with E-state index in [-0.39, 0.29) is 11.5 Å². The quantitative estimate of drug-likeness (QED) is 0.530. The molecule has 0 unspecified atom stereocenters. The highest BCUT2D eigenvalue weighted by molar-refractivity contribution is 5.92. The summed E-state index contributed by atoms with van der Waals surface area (Å²) >= 11 is 0. The first-order valence-corrected chi connectivity index (χ1v) is 5.65. The molecule has 0 radical (unpaired) electrons. The minimum atomic E-state index is -0.496. The van der Waals surface area contributed by atoms with Gasteiger partial charge in [0.15, 0.2) is 0 Å². The zero-order valence-corrected chi connectivity index (χ0v) is 9.54. The lowest BCUT2D eigenvalue weighted by Crippen LogP contribution is -2.53. The van der Waals surface area contributed by atoms with Crippen molar-refractivity contribution in [2.24, 2.45) is 0 Å². The van der Waals surface area contributed by atoms with Crippen LogP contribution in [-0.4, -0.2) is 18.1 Å². The first kappa shape index (κ1) is 9.85. The molecule has 1 atom stereocenters. The summed E-state index contributed by atoms with van der Waals surface area (Å²) in [6, 6.07) is 7.75. The van der Waals surface area contributed by atoms with Gasteiger partial charge >= 0.3 is 5.97 Å². The van der Waals surface area contributed by atoms with E-state index in [0.29, 0.717) is 0 Å². The van der Waals surface area contributed by atoms with E-state index in [0.717, 1.165) is 24.3 Å². The van der Waals surface area contributed by atoms with Gasteiger partial charge in [0.1, 0.15) is 11.2 Å². The van der Waals surface area contributed by atoms with Crippen LogP contribution in [0.2, 0.25) is 0 Å². The molecule has 0 aromatic heterocycles. The summed E-state index contributed by atoms with van der Waals surface area (Å²) < 4.78 is 5.40. The minimum Gasteiger partial charge on any atom is -0.425 e. The number of carbonyl (C=O) groups is 1. The Morgan fingerprint density at radius 1 is 1.31 bits per heavy atom. The van der Waals surface area contributed by atoms with Gasteiger partial charge in [0, 0.05) is 11.1 Å². The van der Waals surface area contributed by atoms with Crippen LogP contribution in [-0.2, 0) is 10.2 Å². The maximum atomic E-state index is 12.2. The van der Waals surface area contributed by atoms with E-state index in [1.165, 1.54) is 0 Å². The molecule has 1 fully saturated rings. The van der Waals surface area contributed by atoms with Crippen LogP contribution >= 0.6 is 0 Å². The summed E-state index contributed by atoms with van der Waals surface area (Å²) in [5.74, 6) is 0.618. The Balaban J connectivity index is 2.25. The standard InChI is InChI=1S/C13H15NO2/c1-12(2)13(7-8-14-12)9-5-3-4-6-10(9)16-11(13)15/h3-6,14H,7-8H2,1-2H3/t13-/m1/s1. The first-order valence-electron chi connectivity index (χ1n) is 5.65. The van der Waals surface area contributed by atoms with Crippen molar-refractivity contribution in [3.8, 4) is 5.75 Å². The van der Waals surface area contributed by atoms with E-state index in [2.05, 4.69) is 19.2 Å². The molecule has 0 amide bonds. The van der Waals surface area contributed by atoms with Crippen molar-refractivity contribution in [2.75, 3.05) is 6.54 Å². The summed E-state index contributed by atoms with van der Waals surface area (Å²) in [5, 5.41) is 3.40. The second-order valence-electron chi connectivity index (χ2n) is 5.09. The Hall–Kier alpha value is -1.35. The van der Waals surface area contributed by atoms with Crippen LogP contribution in [0.25, 0.3) is 0 Å². The van der Waals surface area contributed by atoms with Crippen molar-refractivity contribution in [1.82, 2.24) is 5.32 Å². The maximum absolute atomic E-state index is 12.2. The van der Waals surface area contributed by atoms with Crippen molar-refractivity contribution >= 4 is 5.97 Å². The molecule has 1 aromatic carbocycles. The van der Waals surface area contributed by atoms with Crippen LogP contribution in [0.3, 0.4) is 0 Å². The molecule has 1 spiro atoms. The van der Waals surface area contributed by atoms with E-state index in [1.54, 1.807) is 0 Å². The topological polar surface area (TPSA) is 38.3 Å². The normalized spacial score (nSPS) is 30.5. The zero-order chi connectivity index (χ0) is 11.4. The van der Waals surface area contributed by atoms with E-state index in [9.17, 15) is 4.79 Å². The van der Waals surface area contributed by atoms with Crippen LogP contribution < -0.4 is 10.1 Å². The molecule has 2 heterocycles. The molecule has 0 saturated carbocycles. The molecule has 3 nitrogen and oxygen atoms in total. The Labute approximate surface area is 94.8 Å². The predicted octanol–water partition coefficient (Wildman–Crippen LogP) is 1.62. The number of fused-ring (bicyclic) bond motifs is 2. The Morgan fingerprint density at radius 3 is 2.75 bits per heavy atom. The number of benzene rings is 1. The number of ether oxygens (including phenoxy) is 1. The van der Waals surface area contributed by atoms with Crippen molar-refractivity contribution in [3.05, 3.63) is 29.8 Å². The number of hydrogen-bond acceptors (Lipinski definition) is 3. The molecule has 1 N–H and O–H groups in total. The number of hydrogen-bond donors (Lipinski definition) is 1. The largest absolute Gasteiger partial charge is 0.425 e. The van der Waals surface area contributed by atoms with E-state index in [1.807, 2.05) is 24.3 Å². The average Bonchev–Trinajstić information content (AvgIpc) is 2.69. The first-order chi connectivity index (χ1) is 7.58. The highest BCUT2D eigenvalue weighted by Crippen LogP contribution is 2.50. The molecule has 2 aliphatic heterocycles. The fourth-order valence-electron chi connectivity index (χ4n) is 3.06. The minimum absolute atomic E-state index is 0.108. The fourth-order valence-corrected chi connectivity index (χ4v) is 3.06. The smallest absolute Gasteiger partial charge is 0.324 e. The van der Waals surface area contributed by atoms with Gasteiger partial charge < -0.3 is 10.1 Å². The molecule has 2 aliphatic rings. The number of rotatable bonds is 0. The molecular formula is C13H15NO2. The Morgan fingerprint density at radius 2 is 2.06 bits per heavy atom. The van der Waals surface area contributed by atoms with Gasteiger partial charge in [-0.15, -0.1) is 0 Å². The Kier molecular flexibility index (Phi) is 1.76. The lowest BCUT2D eigenvalue weighted by Gasteiger charge is -2.34. The van der Waals surface area contributed by atoms with Gasteiger partial charge in [0.05, 0.1) is 0 Å². The van der Waals surface area contributed by atoms with Crippen LogP contribution in [0.15, 0.2) is 24.3 Å². The monoisotopic (exact) mass is 217 g/mol. The SMILES string of the molecule is CC1(C)NCC[C@@]12C(=O)Oc1ccccc12. The summed E-state index contributed by atoms with van der Waals surface area (Å²) in [6.07, 6.45) is 0.815. The molecule has 0 bridgehead atoms. The number of carbonyl (C=O) groups excluding carboxylic acids is 1. The Bertz CT molecular complexity index is 467. The number of nitrogens with one attached hydrogen (secondary N) is 1. The lowest BCUT2D eigenvalue weighted by molar-refractivity contribution is -0.139. The molecule has 0 aliphatic carbocycles. The summed E-state index contributed by atoms with van der Waals surface area (Å²) in [7, 11) is 0. The third-order valence-electron chi connectivity index (χ3n) is 4.03. The van der Waals surface area contributed by atoms with Crippen LogP contribution in [0.1, 0.15) is 25.8 Å². The van der Waals surface area contributed by atoms with Gasteiger partial charge in [-0.3, -0.25) is 4.79 Å². The molecule has 1 saturated heterocycles. The summed E-state index contributed by atoms with van der Waals surface area (Å²) in [5.41, 5.74) is 0.301. The molecule has 3 heteroatoms. The van der Waals surface area contributed by atoms with E-state index < -0.39 is 5.41 Å². The fraction of sp³-hybridized carbons (Fsp3) is 0.462. The zero-order valence-electron chi connectivity index (χ0n) is 9.54. The summed E-state index contributed by atoms with van der Waals surface area (Å²) in [6.45, 7) is 5.00. The maximum Gasteiger partial charge on any atom is 0.324 e. The number of para-hydroxylation sites is 1. The average molecular weight is 217 g/mol. The highest BCUT2D eigenvalue weighted by atomic mass is 16.5. The van der Waals surface area contributed by atoms with E-state index in [4.69, 9.17) is 4.74 Å². The molecule has 1 aromatic rings. The molecular weight excluding hydrogens is 202 g/mol. The van der Waals surface area contributed by atoms with Crippen LogP contribution in [0.4, 0.5) is 0 Å². The second kappa shape index (κ2) is 2.86. The lowest BCUT2D eigenvalue weighted by atomic mass is 9.68. The van der Waals surface area contributed by atoms with Crippen LogP contribution in [0.5, 0.6) is 5.75 Å². The van der Waals surface area contributed by atoms with Gasteiger partial charge in [-0.1, -0.05) is 18.2 Å². The van der Waals surface area contributed by atoms with Gasteiger partial charge in [-0.25, -0.2) is 0 Å². The molecule has 16 heavy (non-hydrogen) atoms. The third-order valence-corrected chi connectivity index (χ3v) is 4.03. The van der Waals surface area contributed by atoms with Crippen molar-refractivity contribution in [2.45, 2.75) is 31.2 Å². The van der Waals surface area contributed by atoms with Crippen molar-refractivity contribution in [3.63, 3.8) is 0 Å². The van der Waals surface area contributed by atoms with Crippen molar-refractivity contribution < 1.29 is 9.53 Å². The van der Waals surface area contributed by atoms with Gasteiger partial charge in [0.2, 0.25) is 0 Å². The summed E-state index contributed by atoms with van der Waals surface area (Å²) in [4.78, 5) is 12.2. The predicted molar refractivity (Wildman–Crippen MR) is 60.5 cm³/mol. The van der Waals surface area contributed by atoms with Gasteiger partial charge in [-0.05, 0) is 32.9 Å². The van der Waals surface area contributed by atoms with E-state index >= 15 is 0 Å². The highest BCUT2D eigenvalue weighted by Gasteiger charge is 2.60. The van der Waals surface area contributed by atoms with Crippen LogP contribution in [0, 0.1) is 0 Å². The molecule has 84 valence electrons. The second-order valence-corrected chi connectivity index (χ2v) is 5.09. The van der Waals surface area contributed by atoms with Gasteiger partial charge in [-0.2, -0.15) is 0 Å².